The van der Waals surface area contributed by atoms with Gasteiger partial charge in [0.05, 0.1) is 23.1 Å². The molecular weight excluding hydrogens is 481 g/mol. The van der Waals surface area contributed by atoms with E-state index in [1.165, 1.54) is 6.07 Å². The van der Waals surface area contributed by atoms with Crippen molar-refractivity contribution in [1.82, 2.24) is 20.2 Å². The highest BCUT2D eigenvalue weighted by Gasteiger charge is 2.15. The number of rotatable bonds is 6. The van der Waals surface area contributed by atoms with Gasteiger partial charge < -0.3 is 15.4 Å². The van der Waals surface area contributed by atoms with Crippen molar-refractivity contribution >= 4 is 33.4 Å². The Morgan fingerprint density at radius 1 is 0.947 bits per heavy atom. The highest BCUT2D eigenvalue weighted by Crippen LogP contribution is 2.36. The third-order valence-electron chi connectivity index (χ3n) is 6.51. The van der Waals surface area contributed by atoms with Gasteiger partial charge in [0, 0.05) is 40.5 Å². The number of carbonyl (C=O) groups excluding carboxylic acids is 1. The van der Waals surface area contributed by atoms with E-state index in [2.05, 4.69) is 25.5 Å². The van der Waals surface area contributed by atoms with Gasteiger partial charge in [0.25, 0.3) is 0 Å². The number of hydrogen-bond acceptors (Lipinski definition) is 4. The van der Waals surface area contributed by atoms with Crippen molar-refractivity contribution in [3.63, 3.8) is 0 Å². The average Bonchev–Trinajstić information content (AvgIpc) is 3.52. The number of hydrogen-bond donors (Lipinski definition) is 4. The number of pyridine rings is 1. The number of halogens is 1. The molecule has 1 amide bonds. The van der Waals surface area contributed by atoms with Gasteiger partial charge in [-0.1, -0.05) is 25.1 Å². The van der Waals surface area contributed by atoms with Gasteiger partial charge in [0.2, 0.25) is 5.91 Å². The molecule has 0 saturated heterocycles. The Morgan fingerprint density at radius 2 is 1.84 bits per heavy atom. The monoisotopic (exact) mass is 505 g/mol. The minimum Gasteiger partial charge on any atom is -0.508 e. The zero-order chi connectivity index (χ0) is 26.2. The zero-order valence-corrected chi connectivity index (χ0v) is 20.5. The molecule has 7 nitrogen and oxygen atoms in total. The highest BCUT2D eigenvalue weighted by molar-refractivity contribution is 6.02. The number of nitrogens with zero attached hydrogens (tertiary/aromatic N) is 2. The molecule has 0 spiro atoms. The van der Waals surface area contributed by atoms with Crippen LogP contribution in [0.3, 0.4) is 0 Å². The van der Waals surface area contributed by atoms with E-state index in [0.717, 1.165) is 62.4 Å². The van der Waals surface area contributed by atoms with E-state index in [1.54, 1.807) is 18.5 Å². The predicted octanol–water partition coefficient (Wildman–Crippen LogP) is 7.02. The van der Waals surface area contributed by atoms with E-state index in [1.807, 2.05) is 55.5 Å². The van der Waals surface area contributed by atoms with Crippen LogP contribution in [0.2, 0.25) is 0 Å². The molecule has 6 rings (SSSR count). The van der Waals surface area contributed by atoms with Crippen LogP contribution in [-0.2, 0) is 4.79 Å². The molecule has 3 aromatic heterocycles. The van der Waals surface area contributed by atoms with Crippen LogP contribution < -0.4 is 5.32 Å². The predicted molar refractivity (Wildman–Crippen MR) is 147 cm³/mol. The summed E-state index contributed by atoms with van der Waals surface area (Å²) in [5, 5.41) is 22.3. The SMILES string of the molecule is CCCC(=O)Nc1cncc(-c2ccc3[nH]nc(-c4cc5c(-c6cc(O)cc(F)c6)cccc5[nH]4)c3c2)c1. The number of aromatic nitrogens is 4. The number of aromatic hydroxyl groups is 1. The van der Waals surface area contributed by atoms with Gasteiger partial charge in [0.15, 0.2) is 0 Å². The van der Waals surface area contributed by atoms with Crippen LogP contribution >= 0.6 is 0 Å². The minimum atomic E-state index is -0.498. The summed E-state index contributed by atoms with van der Waals surface area (Å²) in [6.45, 7) is 1.96. The first-order valence-electron chi connectivity index (χ1n) is 12.3. The van der Waals surface area contributed by atoms with Crippen LogP contribution in [0.1, 0.15) is 19.8 Å². The first-order chi connectivity index (χ1) is 18.5. The van der Waals surface area contributed by atoms with E-state index in [4.69, 9.17) is 0 Å². The Hall–Kier alpha value is -4.98. The van der Waals surface area contributed by atoms with Crippen molar-refractivity contribution in [3.05, 3.63) is 84.9 Å². The Labute approximate surface area is 217 Å². The van der Waals surface area contributed by atoms with Gasteiger partial charge >= 0.3 is 0 Å². The van der Waals surface area contributed by atoms with Crippen LogP contribution in [0.15, 0.2) is 79.1 Å². The summed E-state index contributed by atoms with van der Waals surface area (Å²) in [6.07, 6.45) is 4.64. The lowest BCUT2D eigenvalue weighted by molar-refractivity contribution is -0.116. The Morgan fingerprint density at radius 3 is 2.68 bits per heavy atom. The van der Waals surface area contributed by atoms with E-state index in [0.29, 0.717) is 17.7 Å². The molecule has 8 heteroatoms. The lowest BCUT2D eigenvalue weighted by Crippen LogP contribution is -2.10. The maximum atomic E-state index is 14.0. The second kappa shape index (κ2) is 9.48. The number of H-pyrrole nitrogens is 2. The second-order valence-corrected chi connectivity index (χ2v) is 9.24. The molecule has 4 N–H and O–H groups in total. The van der Waals surface area contributed by atoms with Crippen molar-refractivity contribution in [1.29, 1.82) is 0 Å². The summed E-state index contributed by atoms with van der Waals surface area (Å²) < 4.78 is 14.0. The molecular formula is C30H24FN5O2. The van der Waals surface area contributed by atoms with Gasteiger partial charge in [-0.2, -0.15) is 5.10 Å². The zero-order valence-electron chi connectivity index (χ0n) is 20.5. The number of phenolic OH excluding ortho intramolecular Hbond substituents is 1. The molecule has 0 saturated carbocycles. The highest BCUT2D eigenvalue weighted by atomic mass is 19.1. The molecule has 38 heavy (non-hydrogen) atoms. The fourth-order valence-electron chi connectivity index (χ4n) is 4.78. The molecule has 3 heterocycles. The largest absolute Gasteiger partial charge is 0.508 e. The summed E-state index contributed by atoms with van der Waals surface area (Å²) in [4.78, 5) is 19.8. The number of fused-ring (bicyclic) bond motifs is 2. The summed E-state index contributed by atoms with van der Waals surface area (Å²) in [7, 11) is 0. The van der Waals surface area contributed by atoms with Crippen molar-refractivity contribution in [3.8, 4) is 39.4 Å². The van der Waals surface area contributed by atoms with Gasteiger partial charge in [-0.05, 0) is 65.6 Å². The van der Waals surface area contributed by atoms with Crippen molar-refractivity contribution in [2.45, 2.75) is 19.8 Å². The molecule has 0 atom stereocenters. The second-order valence-electron chi connectivity index (χ2n) is 9.24. The van der Waals surface area contributed by atoms with E-state index >= 15 is 0 Å². The third-order valence-corrected chi connectivity index (χ3v) is 6.51. The van der Waals surface area contributed by atoms with Crippen LogP contribution in [0.5, 0.6) is 5.75 Å². The number of nitrogens with one attached hydrogen (secondary N) is 3. The molecule has 188 valence electrons. The number of benzene rings is 3. The first kappa shape index (κ1) is 23.4. The van der Waals surface area contributed by atoms with Crippen LogP contribution in [0, 0.1) is 5.82 Å². The summed E-state index contributed by atoms with van der Waals surface area (Å²) >= 11 is 0. The molecule has 0 bridgehead atoms. The average molecular weight is 506 g/mol. The number of amides is 1. The molecule has 0 aliphatic carbocycles. The number of aromatic amines is 2. The molecule has 0 fully saturated rings. The summed E-state index contributed by atoms with van der Waals surface area (Å²) in [5.41, 5.74) is 7.14. The smallest absolute Gasteiger partial charge is 0.224 e. The van der Waals surface area contributed by atoms with Gasteiger partial charge in [-0.3, -0.25) is 14.9 Å². The Kier molecular flexibility index (Phi) is 5.84. The number of carbonyl (C=O) groups is 1. The first-order valence-corrected chi connectivity index (χ1v) is 12.3. The summed E-state index contributed by atoms with van der Waals surface area (Å²) in [5.74, 6) is -0.658. The van der Waals surface area contributed by atoms with Gasteiger partial charge in [-0.15, -0.1) is 0 Å². The normalized spacial score (nSPS) is 11.3. The Balaban J connectivity index is 1.41. The minimum absolute atomic E-state index is 0.0364. The van der Waals surface area contributed by atoms with Gasteiger partial charge in [0.1, 0.15) is 17.3 Å². The van der Waals surface area contributed by atoms with Gasteiger partial charge in [-0.25, -0.2) is 4.39 Å². The third kappa shape index (κ3) is 4.37. The lowest BCUT2D eigenvalue weighted by Gasteiger charge is -2.07. The van der Waals surface area contributed by atoms with E-state index in [9.17, 15) is 14.3 Å². The molecule has 0 radical (unpaired) electrons. The molecule has 6 aromatic rings. The Bertz CT molecular complexity index is 1800. The van der Waals surface area contributed by atoms with E-state index < -0.39 is 5.82 Å². The molecule has 0 aliphatic heterocycles. The number of anilines is 1. The van der Waals surface area contributed by atoms with Crippen LogP contribution in [0.25, 0.3) is 55.4 Å². The lowest BCUT2D eigenvalue weighted by atomic mass is 10.0. The fraction of sp³-hybridized carbons (Fsp3) is 0.100. The topological polar surface area (TPSA) is 107 Å². The molecule has 0 unspecified atom stereocenters. The van der Waals surface area contributed by atoms with Crippen molar-refractivity contribution in [2.24, 2.45) is 0 Å². The maximum absolute atomic E-state index is 14.0. The maximum Gasteiger partial charge on any atom is 0.224 e. The number of phenols is 1. The fourth-order valence-corrected chi connectivity index (χ4v) is 4.78. The van der Waals surface area contributed by atoms with Crippen molar-refractivity contribution in [2.75, 3.05) is 5.32 Å². The standard InChI is InChI=1S/C30H24FN5O2/c1-2-4-29(38)33-21-10-19(15-32-16-21)17-7-8-27-25(12-17)30(36-35-27)28-14-24-23(5-3-6-26(24)34-28)18-9-20(31)13-22(37)11-18/h3,5-16,34,37H,2,4H2,1H3,(H,33,38)(H,35,36). The van der Waals surface area contributed by atoms with Crippen LogP contribution in [-0.4, -0.2) is 31.2 Å². The van der Waals surface area contributed by atoms with Crippen molar-refractivity contribution < 1.29 is 14.3 Å². The summed E-state index contributed by atoms with van der Waals surface area (Å²) in [6, 6.07) is 19.7. The molecule has 3 aromatic carbocycles. The van der Waals surface area contributed by atoms with Crippen LogP contribution in [0.4, 0.5) is 10.1 Å². The quantitative estimate of drug-likeness (QED) is 0.195. The molecule has 0 aliphatic rings. The van der Waals surface area contributed by atoms with E-state index in [-0.39, 0.29) is 11.7 Å².